The van der Waals surface area contributed by atoms with Gasteiger partial charge in [-0.25, -0.2) is 0 Å². The zero-order valence-corrected chi connectivity index (χ0v) is 15.3. The molecule has 0 spiro atoms. The van der Waals surface area contributed by atoms with Gasteiger partial charge in [0.25, 0.3) is 0 Å². The highest BCUT2D eigenvalue weighted by Crippen LogP contribution is 2.49. The number of piperidine rings is 1. The second-order valence-electron chi connectivity index (χ2n) is 7.36. The number of halogens is 3. The van der Waals surface area contributed by atoms with Crippen molar-refractivity contribution in [3.8, 4) is 6.07 Å². The fourth-order valence-corrected chi connectivity index (χ4v) is 4.07. The molecule has 1 amide bonds. The Morgan fingerprint density at radius 1 is 1.24 bits per heavy atom. The minimum atomic E-state index is -5.00. The molecule has 0 aliphatic carbocycles. The van der Waals surface area contributed by atoms with Crippen molar-refractivity contribution in [2.75, 3.05) is 23.3 Å². The molecule has 2 aliphatic heterocycles. The second-order valence-corrected chi connectivity index (χ2v) is 7.36. The minimum absolute atomic E-state index is 0.222. The maximum absolute atomic E-state index is 13.6. The molecule has 0 saturated carbocycles. The van der Waals surface area contributed by atoms with Crippen LogP contribution >= 0.6 is 0 Å². The summed E-state index contributed by atoms with van der Waals surface area (Å²) in [6, 6.07) is 9.19. The molecule has 0 bridgehead atoms. The van der Waals surface area contributed by atoms with Gasteiger partial charge in [0.2, 0.25) is 5.91 Å². The van der Waals surface area contributed by atoms with Gasteiger partial charge in [-0.1, -0.05) is 0 Å². The van der Waals surface area contributed by atoms with Crippen LogP contribution in [-0.2, 0) is 10.4 Å². The molecule has 29 heavy (non-hydrogen) atoms. The van der Waals surface area contributed by atoms with Crippen molar-refractivity contribution < 1.29 is 23.1 Å². The van der Waals surface area contributed by atoms with Gasteiger partial charge in [-0.2, -0.15) is 23.5 Å². The van der Waals surface area contributed by atoms with Crippen molar-refractivity contribution in [2.45, 2.75) is 37.0 Å². The smallest absolute Gasteiger partial charge is 0.376 e. The van der Waals surface area contributed by atoms with Crippen LogP contribution in [-0.4, -0.2) is 40.5 Å². The molecule has 10 heteroatoms. The average Bonchev–Trinajstić information content (AvgIpc) is 3.12. The van der Waals surface area contributed by atoms with Crippen LogP contribution in [0.4, 0.5) is 24.7 Å². The van der Waals surface area contributed by atoms with Gasteiger partial charge < -0.3 is 15.3 Å². The van der Waals surface area contributed by atoms with Gasteiger partial charge in [0.05, 0.1) is 23.6 Å². The fourth-order valence-electron chi connectivity index (χ4n) is 4.07. The van der Waals surface area contributed by atoms with Crippen LogP contribution in [0.3, 0.4) is 0 Å². The zero-order valence-electron chi connectivity index (χ0n) is 15.3. The number of nitrogens with one attached hydrogen (secondary N) is 2. The fraction of sp³-hybridized carbons (Fsp3) is 0.421. The summed E-state index contributed by atoms with van der Waals surface area (Å²) in [6.07, 6.45) is -4.98. The second kappa shape index (κ2) is 6.77. The Balaban J connectivity index is 1.57. The van der Waals surface area contributed by atoms with Gasteiger partial charge in [-0.3, -0.25) is 9.89 Å². The van der Waals surface area contributed by atoms with Gasteiger partial charge in [-0.15, -0.1) is 0 Å². The molecular weight excluding hydrogens is 387 g/mol. The molecule has 1 saturated heterocycles. The maximum atomic E-state index is 13.6. The largest absolute Gasteiger partial charge is 0.422 e. The number of hydrogen-bond donors (Lipinski definition) is 3. The lowest BCUT2D eigenvalue weighted by Crippen LogP contribution is -2.48. The summed E-state index contributed by atoms with van der Waals surface area (Å²) in [7, 11) is 0. The molecule has 3 heterocycles. The predicted octanol–water partition coefficient (Wildman–Crippen LogP) is 2.76. The standard InChI is InChI=1S/C19H18F3N5O2/c20-19(21,22)18(29)9-14(28)24-17-15(18)16(25-26-17)12-5-7-27(8-6-12)13-3-1-11(10-23)2-4-13/h1-4,12,29H,5-9H2,(H2,24,25,26,28). The van der Waals surface area contributed by atoms with E-state index in [4.69, 9.17) is 5.26 Å². The van der Waals surface area contributed by atoms with Crippen molar-refractivity contribution in [3.63, 3.8) is 0 Å². The van der Waals surface area contributed by atoms with E-state index in [2.05, 4.69) is 26.5 Å². The Labute approximate surface area is 164 Å². The van der Waals surface area contributed by atoms with E-state index in [9.17, 15) is 23.1 Å². The minimum Gasteiger partial charge on any atom is -0.376 e. The molecule has 1 aromatic carbocycles. The number of aromatic amines is 1. The summed E-state index contributed by atoms with van der Waals surface area (Å²) in [4.78, 5) is 13.8. The van der Waals surface area contributed by atoms with Gasteiger partial charge in [-0.05, 0) is 37.1 Å². The highest BCUT2D eigenvalue weighted by Gasteiger charge is 2.61. The molecule has 1 atom stereocenters. The molecule has 1 aromatic heterocycles. The number of aliphatic hydroxyl groups is 1. The Kier molecular flexibility index (Phi) is 4.50. The predicted molar refractivity (Wildman–Crippen MR) is 97.1 cm³/mol. The van der Waals surface area contributed by atoms with Gasteiger partial charge in [0.15, 0.2) is 11.4 Å². The maximum Gasteiger partial charge on any atom is 0.422 e. The van der Waals surface area contributed by atoms with Crippen LogP contribution in [0.15, 0.2) is 24.3 Å². The summed E-state index contributed by atoms with van der Waals surface area (Å²) in [5.74, 6) is -1.44. The van der Waals surface area contributed by atoms with E-state index in [1.54, 1.807) is 12.1 Å². The van der Waals surface area contributed by atoms with E-state index < -0.39 is 24.1 Å². The van der Waals surface area contributed by atoms with E-state index in [1.165, 1.54) is 0 Å². The van der Waals surface area contributed by atoms with Crippen LogP contribution in [0.1, 0.15) is 42.0 Å². The number of H-pyrrole nitrogens is 1. The molecular formula is C19H18F3N5O2. The number of fused-ring (bicyclic) bond motifs is 1. The molecule has 152 valence electrons. The number of amides is 1. The number of rotatable bonds is 2. The number of benzene rings is 1. The van der Waals surface area contributed by atoms with Crippen LogP contribution in [0, 0.1) is 11.3 Å². The Morgan fingerprint density at radius 2 is 1.90 bits per heavy atom. The summed E-state index contributed by atoms with van der Waals surface area (Å²) < 4.78 is 40.9. The van der Waals surface area contributed by atoms with E-state index in [-0.39, 0.29) is 23.0 Å². The first kappa shape index (κ1) is 19.3. The highest BCUT2D eigenvalue weighted by molar-refractivity contribution is 5.94. The van der Waals surface area contributed by atoms with Crippen molar-refractivity contribution in [2.24, 2.45) is 0 Å². The molecule has 1 unspecified atom stereocenters. The number of alkyl halides is 3. The Bertz CT molecular complexity index is 971. The number of nitriles is 1. The van der Waals surface area contributed by atoms with Crippen LogP contribution in [0.2, 0.25) is 0 Å². The number of nitrogens with zero attached hydrogens (tertiary/aromatic N) is 3. The highest BCUT2D eigenvalue weighted by atomic mass is 19.4. The summed E-state index contributed by atoms with van der Waals surface area (Å²) in [6.45, 7) is 1.20. The third-order valence-electron chi connectivity index (χ3n) is 5.62. The van der Waals surface area contributed by atoms with Crippen LogP contribution in [0.25, 0.3) is 0 Å². The first-order valence-electron chi connectivity index (χ1n) is 9.16. The summed E-state index contributed by atoms with van der Waals surface area (Å²) >= 11 is 0. The summed E-state index contributed by atoms with van der Waals surface area (Å²) in [5, 5.41) is 28.1. The monoisotopic (exact) mass is 405 g/mol. The van der Waals surface area contributed by atoms with Gasteiger partial charge in [0, 0.05) is 30.4 Å². The molecule has 4 rings (SSSR count). The van der Waals surface area contributed by atoms with E-state index in [1.807, 2.05) is 12.1 Å². The lowest BCUT2D eigenvalue weighted by molar-refractivity contribution is -0.267. The summed E-state index contributed by atoms with van der Waals surface area (Å²) in [5.41, 5.74) is -1.91. The number of anilines is 2. The third kappa shape index (κ3) is 3.21. The third-order valence-corrected chi connectivity index (χ3v) is 5.62. The van der Waals surface area contributed by atoms with Crippen molar-refractivity contribution >= 4 is 17.4 Å². The normalized spacial score (nSPS) is 22.7. The van der Waals surface area contributed by atoms with E-state index >= 15 is 0 Å². The molecule has 7 nitrogen and oxygen atoms in total. The van der Waals surface area contributed by atoms with Gasteiger partial charge >= 0.3 is 6.18 Å². The van der Waals surface area contributed by atoms with E-state index in [0.717, 1.165) is 5.69 Å². The zero-order chi connectivity index (χ0) is 20.8. The number of hydrogen-bond acceptors (Lipinski definition) is 5. The molecule has 3 N–H and O–H groups in total. The van der Waals surface area contributed by atoms with Gasteiger partial charge in [0.1, 0.15) is 0 Å². The average molecular weight is 405 g/mol. The van der Waals surface area contributed by atoms with Crippen LogP contribution in [0.5, 0.6) is 0 Å². The number of carbonyl (C=O) groups is 1. The number of aromatic nitrogens is 2. The first-order valence-corrected chi connectivity index (χ1v) is 9.16. The SMILES string of the molecule is N#Cc1ccc(N2CCC(c3[nH]nc4c3C(O)(C(F)(F)F)CC(=O)N4)CC2)cc1. The quantitative estimate of drug-likeness (QED) is 0.713. The van der Waals surface area contributed by atoms with Crippen molar-refractivity contribution in [1.29, 1.82) is 5.26 Å². The molecule has 1 fully saturated rings. The molecule has 2 aliphatic rings. The topological polar surface area (TPSA) is 105 Å². The molecule has 0 radical (unpaired) electrons. The lowest BCUT2D eigenvalue weighted by Gasteiger charge is -2.37. The lowest BCUT2D eigenvalue weighted by atomic mass is 9.81. The van der Waals surface area contributed by atoms with E-state index in [0.29, 0.717) is 31.5 Å². The van der Waals surface area contributed by atoms with Crippen molar-refractivity contribution in [1.82, 2.24) is 10.2 Å². The van der Waals surface area contributed by atoms with Crippen molar-refractivity contribution in [3.05, 3.63) is 41.1 Å². The first-order chi connectivity index (χ1) is 13.7. The Morgan fingerprint density at radius 3 is 2.48 bits per heavy atom. The Hall–Kier alpha value is -3.06. The number of carbonyl (C=O) groups excluding carboxylic acids is 1. The molecule has 2 aromatic rings. The van der Waals surface area contributed by atoms with Crippen LogP contribution < -0.4 is 10.2 Å².